The van der Waals surface area contributed by atoms with Crippen LogP contribution in [0.25, 0.3) is 0 Å². The maximum Gasteiger partial charge on any atom is 0.117 e. The molecule has 0 aromatic heterocycles. The number of allylic oxidation sites excluding steroid dienone is 2. The molecule has 0 aliphatic carbocycles. The van der Waals surface area contributed by atoms with Gasteiger partial charge < -0.3 is 10.0 Å². The van der Waals surface area contributed by atoms with E-state index in [1.54, 1.807) is 0 Å². The van der Waals surface area contributed by atoms with Crippen molar-refractivity contribution < 1.29 is 5.11 Å². The van der Waals surface area contributed by atoms with Gasteiger partial charge in [-0.1, -0.05) is 60.7 Å². The van der Waals surface area contributed by atoms with E-state index < -0.39 is 6.10 Å². The van der Waals surface area contributed by atoms with Crippen LogP contribution < -0.4 is 0 Å². The van der Waals surface area contributed by atoms with E-state index in [4.69, 9.17) is 0 Å². The average Bonchev–Trinajstić information content (AvgIpc) is 2.62. The maximum atomic E-state index is 10.5. The Morgan fingerprint density at radius 3 is 2.26 bits per heavy atom. The van der Waals surface area contributed by atoms with Crippen LogP contribution in [0.4, 0.5) is 0 Å². The van der Waals surface area contributed by atoms with Crippen LogP contribution in [0.1, 0.15) is 24.2 Å². The summed E-state index contributed by atoms with van der Waals surface area (Å²) in [6, 6.07) is 21.6. The van der Waals surface area contributed by atoms with Gasteiger partial charge in [-0.2, -0.15) is 5.26 Å². The van der Waals surface area contributed by atoms with Crippen molar-refractivity contribution >= 4 is 0 Å². The maximum absolute atomic E-state index is 10.5. The molecule has 0 heterocycles. The van der Waals surface area contributed by atoms with Gasteiger partial charge in [0.2, 0.25) is 0 Å². The van der Waals surface area contributed by atoms with Crippen LogP contribution in [0.15, 0.2) is 72.4 Å². The van der Waals surface area contributed by atoms with Gasteiger partial charge in [0.25, 0.3) is 0 Å². The molecule has 2 atom stereocenters. The van der Waals surface area contributed by atoms with Crippen LogP contribution in [0.2, 0.25) is 0 Å². The fourth-order valence-corrected chi connectivity index (χ4v) is 2.46. The summed E-state index contributed by atoms with van der Waals surface area (Å²) in [5.41, 5.74) is 2.58. The first-order chi connectivity index (χ1) is 11.1. The molecule has 2 aromatic carbocycles. The van der Waals surface area contributed by atoms with Gasteiger partial charge in [-0.3, -0.25) is 0 Å². The van der Waals surface area contributed by atoms with E-state index in [0.29, 0.717) is 12.1 Å². The Labute approximate surface area is 138 Å². The fourth-order valence-electron chi connectivity index (χ4n) is 2.46. The van der Waals surface area contributed by atoms with Gasteiger partial charge in [-0.05, 0) is 30.5 Å². The number of benzene rings is 2. The highest BCUT2D eigenvalue weighted by molar-refractivity contribution is 5.26. The van der Waals surface area contributed by atoms with Crippen LogP contribution >= 0.6 is 0 Å². The third kappa shape index (κ3) is 4.45. The predicted molar refractivity (Wildman–Crippen MR) is 92.5 cm³/mol. The highest BCUT2D eigenvalue weighted by Gasteiger charge is 2.21. The van der Waals surface area contributed by atoms with Crippen LogP contribution in [0.3, 0.4) is 0 Å². The fraction of sp³-hybridized carbons (Fsp3) is 0.250. The second-order valence-corrected chi connectivity index (χ2v) is 5.60. The van der Waals surface area contributed by atoms with Gasteiger partial charge >= 0.3 is 0 Å². The molecule has 0 saturated heterocycles. The largest absolute Gasteiger partial charge is 0.386 e. The molecule has 1 N–H and O–H groups in total. The van der Waals surface area contributed by atoms with Crippen molar-refractivity contribution in [2.45, 2.75) is 25.5 Å². The van der Waals surface area contributed by atoms with E-state index >= 15 is 0 Å². The molecule has 2 rings (SSSR count). The van der Waals surface area contributed by atoms with Crippen molar-refractivity contribution in [1.82, 2.24) is 4.90 Å². The molecule has 0 amide bonds. The Hall–Kier alpha value is -2.57. The minimum Gasteiger partial charge on any atom is -0.386 e. The monoisotopic (exact) mass is 306 g/mol. The minimum atomic E-state index is -0.644. The van der Waals surface area contributed by atoms with Crippen LogP contribution in [0.5, 0.6) is 0 Å². The third-order valence-electron chi connectivity index (χ3n) is 4.08. The molecule has 3 nitrogen and oxygen atoms in total. The third-order valence-corrected chi connectivity index (χ3v) is 4.08. The Morgan fingerprint density at radius 2 is 1.70 bits per heavy atom. The van der Waals surface area contributed by atoms with Gasteiger partial charge in [0, 0.05) is 7.05 Å². The molecule has 3 heteroatoms. The van der Waals surface area contributed by atoms with Gasteiger partial charge in [0.05, 0.1) is 12.1 Å². The molecule has 118 valence electrons. The van der Waals surface area contributed by atoms with E-state index in [2.05, 4.69) is 6.07 Å². The van der Waals surface area contributed by atoms with Gasteiger partial charge in [0.1, 0.15) is 11.8 Å². The summed E-state index contributed by atoms with van der Waals surface area (Å²) in [7, 11) is 1.84. The van der Waals surface area contributed by atoms with E-state index in [-0.39, 0.29) is 6.04 Å². The lowest BCUT2D eigenvalue weighted by Gasteiger charge is -2.30. The summed E-state index contributed by atoms with van der Waals surface area (Å²) in [5.74, 6) is 0. The highest BCUT2D eigenvalue weighted by Crippen LogP contribution is 2.22. The number of likely N-dealkylation sites (N-methyl/N-ethyl adjacent to an activating group) is 1. The summed E-state index contributed by atoms with van der Waals surface area (Å²) >= 11 is 0. The summed E-state index contributed by atoms with van der Waals surface area (Å²) in [4.78, 5) is 1.83. The lowest BCUT2D eigenvalue weighted by atomic mass is 10.0. The molecule has 0 radical (unpaired) electrons. The normalized spacial score (nSPS) is 13.9. The number of aliphatic hydroxyl groups excluding tert-OH is 1. The zero-order valence-electron chi connectivity index (χ0n) is 13.6. The van der Waals surface area contributed by atoms with Crippen LogP contribution in [-0.4, -0.2) is 23.1 Å². The topological polar surface area (TPSA) is 47.3 Å². The number of nitriles is 1. The van der Waals surface area contributed by atoms with Crippen LogP contribution in [0, 0.1) is 11.3 Å². The smallest absolute Gasteiger partial charge is 0.117 e. The van der Waals surface area contributed by atoms with Crippen molar-refractivity contribution in [3.8, 4) is 6.07 Å². The van der Waals surface area contributed by atoms with Crippen molar-refractivity contribution in [2.24, 2.45) is 0 Å². The first-order valence-electron chi connectivity index (χ1n) is 7.73. The molecule has 0 unspecified atom stereocenters. The highest BCUT2D eigenvalue weighted by atomic mass is 16.3. The van der Waals surface area contributed by atoms with Gasteiger partial charge in [-0.25, -0.2) is 0 Å². The Morgan fingerprint density at radius 1 is 1.13 bits per heavy atom. The van der Waals surface area contributed by atoms with Crippen molar-refractivity contribution in [3.63, 3.8) is 0 Å². The molecule has 0 spiro atoms. The number of hydrogen-bond acceptors (Lipinski definition) is 3. The molecular formula is C20H22N2O. The predicted octanol–water partition coefficient (Wildman–Crippen LogP) is 3.69. The molecule has 0 bridgehead atoms. The molecule has 0 aliphatic heterocycles. The molecule has 2 aromatic rings. The van der Waals surface area contributed by atoms with Crippen molar-refractivity contribution in [2.75, 3.05) is 7.05 Å². The molecular weight excluding hydrogens is 284 g/mol. The first-order valence-corrected chi connectivity index (χ1v) is 7.73. The summed E-state index contributed by atoms with van der Waals surface area (Å²) in [5, 5.41) is 19.9. The zero-order chi connectivity index (χ0) is 16.7. The standard InChI is InChI=1S/C20H22N2O/c1-16(20(23)18-11-7-4-8-12-18)22(2)19(15-21)14-13-17-9-5-3-6-10-17/h3-12,14,16,20,23H,13H2,1-2H3/b19-14+/t16-,20-/m0/s1. The number of nitrogens with zero attached hydrogens (tertiary/aromatic N) is 2. The van der Waals surface area contributed by atoms with Crippen molar-refractivity contribution in [3.05, 3.63) is 83.6 Å². The SMILES string of the molecule is C[C@@H]([C@H](O)c1ccccc1)N(C)/C(C#N)=C/Cc1ccccc1. The van der Waals surface area contributed by atoms with E-state index in [1.165, 1.54) is 0 Å². The second kappa shape index (κ2) is 8.17. The molecule has 0 fully saturated rings. The Bertz CT molecular complexity index is 674. The second-order valence-electron chi connectivity index (χ2n) is 5.60. The summed E-state index contributed by atoms with van der Waals surface area (Å²) in [6.07, 6.45) is 1.96. The van der Waals surface area contributed by atoms with E-state index in [0.717, 1.165) is 11.1 Å². The Balaban J connectivity index is 2.09. The quantitative estimate of drug-likeness (QED) is 0.828. The van der Waals surface area contributed by atoms with Crippen LogP contribution in [-0.2, 0) is 6.42 Å². The minimum absolute atomic E-state index is 0.195. The Kier molecular flexibility index (Phi) is 5.96. The average molecular weight is 306 g/mol. The van der Waals surface area contributed by atoms with E-state index in [9.17, 15) is 10.4 Å². The zero-order valence-corrected chi connectivity index (χ0v) is 13.6. The van der Waals surface area contributed by atoms with Gasteiger partial charge in [-0.15, -0.1) is 0 Å². The number of rotatable bonds is 6. The summed E-state index contributed by atoms with van der Waals surface area (Å²) < 4.78 is 0. The van der Waals surface area contributed by atoms with Crippen molar-refractivity contribution in [1.29, 1.82) is 5.26 Å². The number of hydrogen-bond donors (Lipinski definition) is 1. The van der Waals surface area contributed by atoms with E-state index in [1.807, 2.05) is 85.6 Å². The van der Waals surface area contributed by atoms with Gasteiger partial charge in [0.15, 0.2) is 0 Å². The first kappa shape index (κ1) is 16.8. The number of aliphatic hydroxyl groups is 1. The lowest BCUT2D eigenvalue weighted by molar-refractivity contribution is 0.0912. The molecule has 0 saturated carbocycles. The lowest BCUT2D eigenvalue weighted by Crippen LogP contribution is -2.33. The summed E-state index contributed by atoms with van der Waals surface area (Å²) in [6.45, 7) is 1.92. The molecule has 0 aliphatic rings. The molecule has 23 heavy (non-hydrogen) atoms.